The van der Waals surface area contributed by atoms with Gasteiger partial charge in [0.1, 0.15) is 0 Å². The third-order valence-corrected chi connectivity index (χ3v) is 3.97. The van der Waals surface area contributed by atoms with Crippen LogP contribution in [0.25, 0.3) is 32.7 Å². The van der Waals surface area contributed by atoms with Crippen molar-refractivity contribution in [2.45, 2.75) is 0 Å². The molecule has 0 atom stereocenters. The summed E-state index contributed by atoms with van der Waals surface area (Å²) in [5, 5.41) is 5.10. The maximum absolute atomic E-state index is 5.95. The largest absolute Gasteiger partial charge is 0.870 e. The van der Waals surface area contributed by atoms with E-state index in [1.54, 1.807) is 0 Å². The van der Waals surface area contributed by atoms with Crippen molar-refractivity contribution in [3.05, 3.63) is 78.9 Å². The average Bonchev–Trinajstić information content (AvgIpc) is 2.54. The molecular formula is C20H15BO2. The molecule has 4 aromatic carbocycles. The molecule has 0 aromatic heterocycles. The Labute approximate surface area is 136 Å². The Hall–Kier alpha value is -2.62. The van der Waals surface area contributed by atoms with Crippen LogP contribution in [-0.2, 0) is 0 Å². The predicted octanol–water partition coefficient (Wildman–Crippen LogP) is 4.10. The van der Waals surface area contributed by atoms with Gasteiger partial charge in [0.15, 0.2) is 0 Å². The van der Waals surface area contributed by atoms with Crippen LogP contribution in [0.4, 0.5) is 0 Å². The molecule has 0 fully saturated rings. The van der Waals surface area contributed by atoms with Gasteiger partial charge in [0, 0.05) is 0 Å². The zero-order valence-electron chi connectivity index (χ0n) is 12.5. The second-order valence-electron chi connectivity index (χ2n) is 5.32. The molecular weight excluding hydrogens is 283 g/mol. The minimum atomic E-state index is 0. The Morgan fingerprint density at radius 3 is 1.96 bits per heavy atom. The van der Waals surface area contributed by atoms with Crippen LogP contribution in [0.2, 0.25) is 0 Å². The summed E-state index contributed by atoms with van der Waals surface area (Å²) in [6.45, 7) is 0. The van der Waals surface area contributed by atoms with Gasteiger partial charge in [-0.25, -0.2) is 0 Å². The zero-order chi connectivity index (χ0) is 14.2. The molecule has 4 rings (SSSR count). The van der Waals surface area contributed by atoms with Gasteiger partial charge in [-0.3, -0.25) is 0 Å². The SMILES string of the molecule is [B+2]c1cccc(-c2cc3ccccc3c3ccccc23)c1.[OH-].[OH-]. The summed E-state index contributed by atoms with van der Waals surface area (Å²) < 4.78 is 0. The van der Waals surface area contributed by atoms with Gasteiger partial charge in [0.05, 0.1) is 0 Å². The van der Waals surface area contributed by atoms with Gasteiger partial charge in [-0.05, 0) is 0 Å². The molecule has 2 nitrogen and oxygen atoms in total. The molecule has 0 heterocycles. The Balaban J connectivity index is 0.000000960. The van der Waals surface area contributed by atoms with Crippen molar-refractivity contribution in [2.75, 3.05) is 0 Å². The molecule has 0 saturated carbocycles. The quantitative estimate of drug-likeness (QED) is 0.392. The van der Waals surface area contributed by atoms with Crippen molar-refractivity contribution < 1.29 is 11.0 Å². The van der Waals surface area contributed by atoms with Gasteiger partial charge >= 0.3 is 125 Å². The summed E-state index contributed by atoms with van der Waals surface area (Å²) >= 11 is 0. The van der Waals surface area contributed by atoms with Crippen LogP contribution in [0.15, 0.2) is 78.9 Å². The Bertz CT molecular complexity index is 964. The summed E-state index contributed by atoms with van der Waals surface area (Å²) in [4.78, 5) is 0. The van der Waals surface area contributed by atoms with Crippen LogP contribution in [0.5, 0.6) is 0 Å². The molecule has 23 heavy (non-hydrogen) atoms. The van der Waals surface area contributed by atoms with Gasteiger partial charge in [-0.15, -0.1) is 0 Å². The molecule has 0 saturated heterocycles. The molecule has 0 bridgehead atoms. The second-order valence-corrected chi connectivity index (χ2v) is 5.32. The van der Waals surface area contributed by atoms with Crippen molar-refractivity contribution in [1.82, 2.24) is 0 Å². The van der Waals surface area contributed by atoms with E-state index in [9.17, 15) is 0 Å². The summed E-state index contributed by atoms with van der Waals surface area (Å²) in [5.74, 6) is 0. The first-order valence-corrected chi connectivity index (χ1v) is 7.09. The molecule has 4 aromatic rings. The third-order valence-electron chi connectivity index (χ3n) is 3.97. The number of benzene rings is 4. The standard InChI is InChI=1S/C20H13B.2H2O/c21-16-8-5-7-14(12-16)20-13-15-6-1-2-9-17(15)18-10-3-4-11-19(18)20;;/h1-13H;2*1H2/q+2;;/p-2. The van der Waals surface area contributed by atoms with Crippen LogP contribution >= 0.6 is 0 Å². The molecule has 0 aliphatic heterocycles. The van der Waals surface area contributed by atoms with E-state index in [4.69, 9.17) is 7.85 Å². The minimum absolute atomic E-state index is 0. The second kappa shape index (κ2) is 6.65. The van der Waals surface area contributed by atoms with E-state index < -0.39 is 0 Å². The van der Waals surface area contributed by atoms with E-state index >= 15 is 0 Å². The summed E-state index contributed by atoms with van der Waals surface area (Å²) in [7, 11) is 5.95. The molecule has 0 aliphatic rings. The third kappa shape index (κ3) is 2.84. The van der Waals surface area contributed by atoms with Gasteiger partial charge in [-0.1, -0.05) is 0 Å². The van der Waals surface area contributed by atoms with Crippen LogP contribution in [0.3, 0.4) is 0 Å². The molecule has 0 spiro atoms. The monoisotopic (exact) mass is 298 g/mol. The van der Waals surface area contributed by atoms with Crippen molar-refractivity contribution in [2.24, 2.45) is 0 Å². The predicted molar refractivity (Wildman–Crippen MR) is 96.1 cm³/mol. The molecule has 0 unspecified atom stereocenters. The molecule has 0 aliphatic carbocycles. The van der Waals surface area contributed by atoms with Crippen molar-refractivity contribution in [1.29, 1.82) is 0 Å². The van der Waals surface area contributed by atoms with Gasteiger partial charge in [0.2, 0.25) is 0 Å². The fraction of sp³-hybridized carbons (Fsp3) is 0. The van der Waals surface area contributed by atoms with Crippen LogP contribution in [0.1, 0.15) is 0 Å². The zero-order valence-corrected chi connectivity index (χ0v) is 12.5. The van der Waals surface area contributed by atoms with Gasteiger partial charge < -0.3 is 11.0 Å². The number of rotatable bonds is 1. The first-order valence-electron chi connectivity index (χ1n) is 7.09. The Morgan fingerprint density at radius 2 is 1.22 bits per heavy atom. The Morgan fingerprint density at radius 1 is 0.565 bits per heavy atom. The Kier molecular flexibility index (Phi) is 4.84. The van der Waals surface area contributed by atoms with Crippen molar-refractivity contribution in [3.8, 4) is 11.1 Å². The maximum Gasteiger partial charge on any atom is -0.870 e. The van der Waals surface area contributed by atoms with E-state index in [0.29, 0.717) is 0 Å². The molecule has 2 N–H and O–H groups in total. The minimum Gasteiger partial charge on any atom is -0.870 e. The topological polar surface area (TPSA) is 60.0 Å². The average molecular weight is 298 g/mol. The number of fused-ring (bicyclic) bond motifs is 3. The molecule has 0 amide bonds. The summed E-state index contributed by atoms with van der Waals surface area (Å²) in [6, 6.07) is 27.4. The first-order chi connectivity index (χ1) is 10.3. The smallest absolute Gasteiger partial charge is 0.870 e. The molecule has 0 radical (unpaired) electrons. The molecule has 3 heteroatoms. The van der Waals surface area contributed by atoms with Crippen LogP contribution in [-0.4, -0.2) is 18.8 Å². The van der Waals surface area contributed by atoms with Gasteiger partial charge in [0.25, 0.3) is 0 Å². The summed E-state index contributed by atoms with van der Waals surface area (Å²) in [5.41, 5.74) is 3.19. The summed E-state index contributed by atoms with van der Waals surface area (Å²) in [6.07, 6.45) is 0. The maximum atomic E-state index is 5.95. The van der Waals surface area contributed by atoms with Crippen LogP contribution < -0.4 is 5.46 Å². The van der Waals surface area contributed by atoms with E-state index in [-0.39, 0.29) is 11.0 Å². The normalized spacial score (nSPS) is 10.2. The van der Waals surface area contributed by atoms with Crippen molar-refractivity contribution in [3.63, 3.8) is 0 Å². The van der Waals surface area contributed by atoms with E-state index in [0.717, 1.165) is 11.0 Å². The van der Waals surface area contributed by atoms with Gasteiger partial charge in [-0.2, -0.15) is 0 Å². The van der Waals surface area contributed by atoms with E-state index in [1.165, 1.54) is 27.1 Å². The van der Waals surface area contributed by atoms with Crippen molar-refractivity contribution >= 4 is 34.9 Å². The number of hydrogen-bond acceptors (Lipinski definition) is 2. The fourth-order valence-electron chi connectivity index (χ4n) is 3.00. The fourth-order valence-corrected chi connectivity index (χ4v) is 3.00. The van der Waals surface area contributed by atoms with E-state index in [1.807, 2.05) is 18.2 Å². The number of hydrogen-bond donors (Lipinski definition) is 0. The molecule has 110 valence electrons. The van der Waals surface area contributed by atoms with E-state index in [2.05, 4.69) is 60.7 Å². The van der Waals surface area contributed by atoms with Crippen LogP contribution in [0, 0.1) is 0 Å². The first kappa shape index (κ1) is 16.8.